The molecule has 7 nitrogen and oxygen atoms in total. The van der Waals surface area contributed by atoms with Gasteiger partial charge in [-0.15, -0.1) is 0 Å². The third kappa shape index (κ3) is 3.63. The molecule has 2 saturated heterocycles. The van der Waals surface area contributed by atoms with Gasteiger partial charge in [-0.3, -0.25) is 4.79 Å². The lowest BCUT2D eigenvalue weighted by Gasteiger charge is -2.34. The molecule has 2 aliphatic rings. The van der Waals surface area contributed by atoms with Crippen molar-refractivity contribution in [2.45, 2.75) is 45.1 Å². The zero-order chi connectivity index (χ0) is 21.5. The van der Waals surface area contributed by atoms with Crippen molar-refractivity contribution in [1.29, 1.82) is 0 Å². The SMILES string of the molecule is Cc1cn2nc(C3CCCCN3C(=O)c3ccnc(Cl)c3F)cc2nc1N1CCCC1. The summed E-state index contributed by atoms with van der Waals surface area (Å²) in [6.45, 7) is 4.64. The van der Waals surface area contributed by atoms with Crippen molar-refractivity contribution in [2.24, 2.45) is 0 Å². The molecule has 3 aromatic heterocycles. The third-order valence-corrected chi connectivity index (χ3v) is 6.48. The molecule has 0 spiro atoms. The fourth-order valence-corrected chi connectivity index (χ4v) is 4.81. The molecule has 2 aliphatic heterocycles. The molecular weight excluding hydrogens is 419 g/mol. The lowest BCUT2D eigenvalue weighted by molar-refractivity contribution is 0.0600. The number of rotatable bonds is 3. The minimum atomic E-state index is -0.777. The number of aryl methyl sites for hydroxylation is 1. The maximum Gasteiger partial charge on any atom is 0.257 e. The predicted octanol–water partition coefficient (Wildman–Crippen LogP) is 4.19. The molecule has 162 valence electrons. The number of likely N-dealkylation sites (tertiary alicyclic amines) is 1. The van der Waals surface area contributed by atoms with E-state index in [-0.39, 0.29) is 22.7 Å². The van der Waals surface area contributed by atoms with Crippen LogP contribution in [0.4, 0.5) is 10.2 Å². The Morgan fingerprint density at radius 3 is 2.77 bits per heavy atom. The number of fused-ring (bicyclic) bond motifs is 1. The summed E-state index contributed by atoms with van der Waals surface area (Å²) in [5, 5.41) is 4.45. The van der Waals surface area contributed by atoms with Crippen LogP contribution in [0.5, 0.6) is 0 Å². The Bertz CT molecular complexity index is 1140. The number of piperidine rings is 1. The van der Waals surface area contributed by atoms with Crippen LogP contribution in [0.2, 0.25) is 5.15 Å². The molecule has 9 heteroatoms. The number of carbonyl (C=O) groups is 1. The Hall–Kier alpha value is -2.74. The average Bonchev–Trinajstić information content (AvgIpc) is 3.44. The van der Waals surface area contributed by atoms with Crippen LogP contribution in [0.15, 0.2) is 24.5 Å². The second-order valence-corrected chi connectivity index (χ2v) is 8.65. The quantitative estimate of drug-likeness (QED) is 0.569. The molecule has 1 unspecified atom stereocenters. The summed E-state index contributed by atoms with van der Waals surface area (Å²) < 4.78 is 16.2. The highest BCUT2D eigenvalue weighted by molar-refractivity contribution is 6.29. The number of halogens is 2. The van der Waals surface area contributed by atoms with E-state index in [2.05, 4.69) is 9.88 Å². The van der Waals surface area contributed by atoms with Gasteiger partial charge in [0.15, 0.2) is 16.6 Å². The van der Waals surface area contributed by atoms with E-state index >= 15 is 0 Å². The molecule has 5 heterocycles. The van der Waals surface area contributed by atoms with Gasteiger partial charge in [0.2, 0.25) is 0 Å². The van der Waals surface area contributed by atoms with E-state index in [0.717, 1.165) is 55.1 Å². The van der Waals surface area contributed by atoms with Gasteiger partial charge in [-0.1, -0.05) is 11.6 Å². The first kappa shape index (κ1) is 20.2. The van der Waals surface area contributed by atoms with Gasteiger partial charge in [-0.25, -0.2) is 18.9 Å². The van der Waals surface area contributed by atoms with Gasteiger partial charge in [0.05, 0.1) is 17.3 Å². The number of nitrogens with zero attached hydrogens (tertiary/aromatic N) is 6. The van der Waals surface area contributed by atoms with Crippen LogP contribution in [-0.4, -0.2) is 50.0 Å². The number of aromatic nitrogens is 4. The van der Waals surface area contributed by atoms with Crippen molar-refractivity contribution in [3.63, 3.8) is 0 Å². The van der Waals surface area contributed by atoms with Gasteiger partial charge in [-0.2, -0.15) is 5.10 Å². The molecule has 1 atom stereocenters. The van der Waals surface area contributed by atoms with Gasteiger partial charge in [0.1, 0.15) is 5.82 Å². The second-order valence-electron chi connectivity index (χ2n) is 8.29. The normalized spacial score (nSPS) is 19.4. The number of carbonyl (C=O) groups excluding carboxylic acids is 1. The fraction of sp³-hybridized carbons (Fsp3) is 0.455. The smallest absolute Gasteiger partial charge is 0.257 e. The molecule has 5 rings (SSSR count). The number of anilines is 1. The molecule has 0 radical (unpaired) electrons. The Kier molecular flexibility index (Phi) is 5.25. The lowest BCUT2D eigenvalue weighted by Crippen LogP contribution is -2.39. The summed E-state index contributed by atoms with van der Waals surface area (Å²) in [6.07, 6.45) is 8.34. The van der Waals surface area contributed by atoms with E-state index in [1.165, 1.54) is 25.1 Å². The van der Waals surface area contributed by atoms with Crippen molar-refractivity contribution in [2.75, 3.05) is 24.5 Å². The van der Waals surface area contributed by atoms with E-state index in [0.29, 0.717) is 6.54 Å². The third-order valence-electron chi connectivity index (χ3n) is 6.21. The van der Waals surface area contributed by atoms with Crippen LogP contribution < -0.4 is 4.90 Å². The van der Waals surface area contributed by atoms with Crippen molar-refractivity contribution >= 4 is 29.0 Å². The van der Waals surface area contributed by atoms with Crippen LogP contribution in [0, 0.1) is 12.7 Å². The highest BCUT2D eigenvalue weighted by Crippen LogP contribution is 2.33. The van der Waals surface area contributed by atoms with Crippen LogP contribution >= 0.6 is 11.6 Å². The minimum absolute atomic E-state index is 0.0547. The van der Waals surface area contributed by atoms with Crippen molar-refractivity contribution in [3.05, 3.63) is 52.3 Å². The Balaban J connectivity index is 1.49. The van der Waals surface area contributed by atoms with Gasteiger partial charge >= 0.3 is 0 Å². The van der Waals surface area contributed by atoms with Gasteiger partial charge in [0, 0.05) is 43.7 Å². The first-order valence-corrected chi connectivity index (χ1v) is 11.1. The maximum atomic E-state index is 14.5. The number of hydrogen-bond donors (Lipinski definition) is 0. The summed E-state index contributed by atoms with van der Waals surface area (Å²) >= 11 is 5.80. The molecule has 0 saturated carbocycles. The van der Waals surface area contributed by atoms with Gasteiger partial charge in [-0.05, 0) is 45.1 Å². The molecule has 1 amide bonds. The first-order valence-electron chi connectivity index (χ1n) is 10.8. The summed E-state index contributed by atoms with van der Waals surface area (Å²) in [5.74, 6) is -0.159. The molecule has 31 heavy (non-hydrogen) atoms. The minimum Gasteiger partial charge on any atom is -0.356 e. The number of hydrogen-bond acceptors (Lipinski definition) is 5. The molecule has 0 N–H and O–H groups in total. The molecule has 0 bridgehead atoms. The lowest BCUT2D eigenvalue weighted by atomic mass is 9.98. The largest absolute Gasteiger partial charge is 0.356 e. The topological polar surface area (TPSA) is 66.6 Å². The summed E-state index contributed by atoms with van der Waals surface area (Å²) in [6, 6.07) is 3.10. The second kappa shape index (κ2) is 8.07. The highest BCUT2D eigenvalue weighted by Gasteiger charge is 2.32. The van der Waals surface area contributed by atoms with Gasteiger partial charge < -0.3 is 9.80 Å². The fourth-order valence-electron chi connectivity index (χ4n) is 4.65. The van der Waals surface area contributed by atoms with E-state index in [4.69, 9.17) is 21.7 Å². The molecule has 2 fully saturated rings. The van der Waals surface area contributed by atoms with Crippen molar-refractivity contribution in [1.82, 2.24) is 24.5 Å². The summed E-state index contributed by atoms with van der Waals surface area (Å²) in [4.78, 5) is 25.8. The van der Waals surface area contributed by atoms with E-state index in [1.54, 1.807) is 9.42 Å². The molecule has 0 aliphatic carbocycles. The number of amides is 1. The Labute approximate surface area is 184 Å². The van der Waals surface area contributed by atoms with Crippen LogP contribution in [0.3, 0.4) is 0 Å². The number of pyridine rings is 1. The maximum absolute atomic E-state index is 14.5. The van der Waals surface area contributed by atoms with E-state index < -0.39 is 5.82 Å². The van der Waals surface area contributed by atoms with Crippen LogP contribution in [0.25, 0.3) is 5.65 Å². The van der Waals surface area contributed by atoms with E-state index in [9.17, 15) is 9.18 Å². The first-order chi connectivity index (χ1) is 15.0. The molecule has 0 aromatic carbocycles. The zero-order valence-electron chi connectivity index (χ0n) is 17.4. The van der Waals surface area contributed by atoms with Crippen molar-refractivity contribution in [3.8, 4) is 0 Å². The summed E-state index contributed by atoms with van der Waals surface area (Å²) in [5.41, 5.74) is 2.56. The highest BCUT2D eigenvalue weighted by atomic mass is 35.5. The Morgan fingerprint density at radius 1 is 1.19 bits per heavy atom. The van der Waals surface area contributed by atoms with E-state index in [1.807, 2.05) is 19.2 Å². The van der Waals surface area contributed by atoms with Crippen LogP contribution in [0.1, 0.15) is 59.8 Å². The summed E-state index contributed by atoms with van der Waals surface area (Å²) in [7, 11) is 0. The van der Waals surface area contributed by atoms with Crippen molar-refractivity contribution < 1.29 is 9.18 Å². The average molecular weight is 443 g/mol. The van der Waals surface area contributed by atoms with Crippen LogP contribution in [-0.2, 0) is 0 Å². The predicted molar refractivity (Wildman–Crippen MR) is 116 cm³/mol. The van der Waals surface area contributed by atoms with Gasteiger partial charge in [0.25, 0.3) is 5.91 Å². The monoisotopic (exact) mass is 442 g/mol. The molecular formula is C22H24ClFN6O. The standard InChI is InChI=1S/C22H24ClFN6O/c1-14-13-30-18(26-21(14)28-9-4-5-10-28)12-16(27-30)17-6-2-3-11-29(17)22(31)15-7-8-25-20(23)19(15)24/h7-8,12-13,17H,2-6,9-11H2,1H3. The molecule has 3 aromatic rings. The Morgan fingerprint density at radius 2 is 1.97 bits per heavy atom. The zero-order valence-corrected chi connectivity index (χ0v) is 18.1.